The van der Waals surface area contributed by atoms with Crippen LogP contribution in [-0.2, 0) is 6.11 Å². The number of allylic oxidation sites excluding steroid dienone is 1. The van der Waals surface area contributed by atoms with Crippen molar-refractivity contribution in [2.45, 2.75) is 50.6 Å². The van der Waals surface area contributed by atoms with E-state index in [0.29, 0.717) is 11.5 Å². The van der Waals surface area contributed by atoms with E-state index in [-0.39, 0.29) is 18.1 Å². The molecule has 0 aliphatic heterocycles. The Labute approximate surface area is 196 Å². The molecule has 2 aromatic carbocycles. The van der Waals surface area contributed by atoms with Gasteiger partial charge in [0.1, 0.15) is 11.6 Å². The molecule has 3 rings (SSSR count). The minimum atomic E-state index is -4.33. The molecule has 1 aliphatic carbocycles. The van der Waals surface area contributed by atoms with Crippen LogP contribution in [0.2, 0.25) is 0 Å². The summed E-state index contributed by atoms with van der Waals surface area (Å²) in [7, 11) is 0. The van der Waals surface area contributed by atoms with Gasteiger partial charge in [0.25, 0.3) is 0 Å². The van der Waals surface area contributed by atoms with Crippen LogP contribution in [0.1, 0.15) is 55.6 Å². The maximum absolute atomic E-state index is 14.6. The van der Waals surface area contributed by atoms with Gasteiger partial charge in [-0.1, -0.05) is 12.1 Å². The lowest BCUT2D eigenvalue weighted by atomic mass is 9.77. The molecule has 0 atom stereocenters. The van der Waals surface area contributed by atoms with Gasteiger partial charge in [-0.3, -0.25) is 0 Å². The molecule has 1 fully saturated rings. The molecule has 0 bridgehead atoms. The lowest BCUT2D eigenvalue weighted by Crippen LogP contribution is -2.24. The molecule has 0 saturated heterocycles. The summed E-state index contributed by atoms with van der Waals surface area (Å²) in [5.41, 5.74) is -0.589. The molecule has 190 valence electrons. The molecule has 10 heteroatoms. The van der Waals surface area contributed by atoms with Gasteiger partial charge in [-0.05, 0) is 68.1 Å². The summed E-state index contributed by atoms with van der Waals surface area (Å²) in [6.07, 6.45) is -0.0338. The molecule has 2 nitrogen and oxygen atoms in total. The molecule has 0 N–H and O–H groups in total. The lowest BCUT2D eigenvalue weighted by molar-refractivity contribution is -0.187. The number of rotatable bonds is 9. The second-order valence-corrected chi connectivity index (χ2v) is 8.29. The second-order valence-electron chi connectivity index (χ2n) is 8.29. The van der Waals surface area contributed by atoms with Crippen LogP contribution in [0.4, 0.5) is 35.1 Å². The molecule has 1 aliphatic rings. The van der Waals surface area contributed by atoms with E-state index in [2.05, 4.69) is 16.1 Å². The average Bonchev–Trinajstić information content (AvgIpc) is 2.79. The Hall–Kier alpha value is -3.04. The largest absolute Gasteiger partial charge is 0.429 e. The Morgan fingerprint density at radius 2 is 1.57 bits per heavy atom. The highest BCUT2D eigenvalue weighted by molar-refractivity contribution is 5.37. The number of hydrogen-bond donors (Lipinski definition) is 0. The summed E-state index contributed by atoms with van der Waals surface area (Å²) >= 11 is 0. The van der Waals surface area contributed by atoms with Gasteiger partial charge in [0.15, 0.2) is 11.6 Å². The van der Waals surface area contributed by atoms with Gasteiger partial charge in [0.2, 0.25) is 5.75 Å². The Balaban J connectivity index is 1.73. The van der Waals surface area contributed by atoms with E-state index in [9.17, 15) is 35.1 Å². The highest BCUT2D eigenvalue weighted by atomic mass is 19.3. The maximum atomic E-state index is 14.6. The van der Waals surface area contributed by atoms with Crippen molar-refractivity contribution in [1.82, 2.24) is 0 Å². The fraction of sp³-hybridized carbons (Fsp3) is 0.360. The first-order valence-corrected chi connectivity index (χ1v) is 10.9. The van der Waals surface area contributed by atoms with Crippen molar-refractivity contribution in [3.63, 3.8) is 0 Å². The summed E-state index contributed by atoms with van der Waals surface area (Å²) in [4.78, 5) is 0. The molecule has 0 radical (unpaired) electrons. The zero-order valence-electron chi connectivity index (χ0n) is 18.4. The fourth-order valence-corrected chi connectivity index (χ4v) is 4.18. The van der Waals surface area contributed by atoms with Crippen molar-refractivity contribution in [1.29, 1.82) is 0 Å². The third-order valence-corrected chi connectivity index (χ3v) is 5.96. The number of alkyl halides is 2. The van der Waals surface area contributed by atoms with Crippen molar-refractivity contribution < 1.29 is 44.6 Å². The standard InChI is InChI=1S/C25H22F8O2/c1-2-3-4-14-5-7-15(8-6-14)16-9-10-18(19(26)11-16)25(32,33)35-17-12-20(27)22(21(28)13-17)34-24(31)23(29)30/h2,9-15H,1,3-8H2. The van der Waals surface area contributed by atoms with E-state index in [1.165, 1.54) is 6.07 Å². The minimum Gasteiger partial charge on any atom is -0.429 e. The monoisotopic (exact) mass is 506 g/mol. The molecular formula is C25H22F8O2. The van der Waals surface area contributed by atoms with Gasteiger partial charge in [-0.15, -0.1) is 6.58 Å². The van der Waals surface area contributed by atoms with Gasteiger partial charge in [0, 0.05) is 12.1 Å². The van der Waals surface area contributed by atoms with Crippen LogP contribution < -0.4 is 9.47 Å². The number of halogens is 8. The number of benzene rings is 2. The van der Waals surface area contributed by atoms with Crippen LogP contribution in [0.3, 0.4) is 0 Å². The van der Waals surface area contributed by atoms with Gasteiger partial charge in [-0.25, -0.2) is 13.2 Å². The Morgan fingerprint density at radius 3 is 2.11 bits per heavy atom. The first kappa shape index (κ1) is 26.6. The molecule has 1 saturated carbocycles. The lowest BCUT2D eigenvalue weighted by Gasteiger charge is -2.29. The van der Waals surface area contributed by atoms with E-state index < -0.39 is 52.7 Å². The summed E-state index contributed by atoms with van der Waals surface area (Å²) in [5.74, 6) is -6.93. The van der Waals surface area contributed by atoms with Gasteiger partial charge >= 0.3 is 18.2 Å². The molecule has 0 heterocycles. The Morgan fingerprint density at radius 1 is 0.943 bits per heavy atom. The first-order valence-electron chi connectivity index (χ1n) is 10.9. The van der Waals surface area contributed by atoms with E-state index in [4.69, 9.17) is 0 Å². The predicted molar refractivity (Wildman–Crippen MR) is 112 cm³/mol. The van der Waals surface area contributed by atoms with Crippen LogP contribution in [0, 0.1) is 23.4 Å². The fourth-order valence-electron chi connectivity index (χ4n) is 4.18. The predicted octanol–water partition coefficient (Wildman–Crippen LogP) is 8.89. The van der Waals surface area contributed by atoms with E-state index in [1.807, 2.05) is 6.08 Å². The maximum Gasteiger partial charge on any atom is 0.429 e. The second kappa shape index (κ2) is 11.1. The summed E-state index contributed by atoms with van der Waals surface area (Å²) < 4.78 is 117. The zero-order valence-corrected chi connectivity index (χ0v) is 18.4. The molecule has 0 unspecified atom stereocenters. The third-order valence-electron chi connectivity index (χ3n) is 5.96. The molecule has 2 aromatic rings. The van der Waals surface area contributed by atoms with E-state index >= 15 is 0 Å². The van der Waals surface area contributed by atoms with Crippen molar-refractivity contribution in [3.8, 4) is 11.5 Å². The van der Waals surface area contributed by atoms with Crippen LogP contribution in [0.5, 0.6) is 11.5 Å². The summed E-state index contributed by atoms with van der Waals surface area (Å²) in [5, 5.41) is 0. The van der Waals surface area contributed by atoms with Crippen LogP contribution in [-0.4, -0.2) is 0 Å². The normalized spacial score (nSPS) is 18.2. The SMILES string of the molecule is C=CCCC1CCC(c2ccc(C(F)(F)Oc3cc(F)c(OC(F)=C(F)F)c(F)c3)c(F)c2)CC1. The Bertz CT molecular complexity index is 1060. The molecular weight excluding hydrogens is 484 g/mol. The highest BCUT2D eigenvalue weighted by Gasteiger charge is 2.38. The summed E-state index contributed by atoms with van der Waals surface area (Å²) in [6, 6.07) is 1.00. The van der Waals surface area contributed by atoms with E-state index in [0.717, 1.165) is 50.7 Å². The van der Waals surface area contributed by atoms with Gasteiger partial charge in [-0.2, -0.15) is 22.0 Å². The van der Waals surface area contributed by atoms with Crippen LogP contribution >= 0.6 is 0 Å². The Kier molecular flexibility index (Phi) is 8.45. The zero-order chi connectivity index (χ0) is 25.8. The first-order chi connectivity index (χ1) is 16.5. The highest BCUT2D eigenvalue weighted by Crippen LogP contribution is 2.40. The molecule has 0 aromatic heterocycles. The van der Waals surface area contributed by atoms with Crippen LogP contribution in [0.25, 0.3) is 0 Å². The topological polar surface area (TPSA) is 18.5 Å². The van der Waals surface area contributed by atoms with Crippen molar-refractivity contribution >= 4 is 0 Å². The summed E-state index contributed by atoms with van der Waals surface area (Å²) in [6.45, 7) is 3.70. The minimum absolute atomic E-state index is 0.0208. The molecule has 0 spiro atoms. The third kappa shape index (κ3) is 6.55. The smallest absolute Gasteiger partial charge is 0.429 e. The molecule has 35 heavy (non-hydrogen) atoms. The van der Waals surface area contributed by atoms with Crippen LogP contribution in [0.15, 0.2) is 55.1 Å². The van der Waals surface area contributed by atoms with Gasteiger partial charge in [0.05, 0.1) is 5.56 Å². The van der Waals surface area contributed by atoms with Crippen molar-refractivity contribution in [2.75, 3.05) is 0 Å². The quantitative estimate of drug-likeness (QED) is 0.192. The van der Waals surface area contributed by atoms with Gasteiger partial charge < -0.3 is 9.47 Å². The number of hydrogen-bond acceptors (Lipinski definition) is 2. The number of ether oxygens (including phenoxy) is 2. The molecule has 0 amide bonds. The van der Waals surface area contributed by atoms with Crippen molar-refractivity contribution in [3.05, 3.63) is 83.7 Å². The van der Waals surface area contributed by atoms with E-state index in [1.54, 1.807) is 0 Å². The average molecular weight is 506 g/mol. The van der Waals surface area contributed by atoms with Crippen molar-refractivity contribution in [2.24, 2.45) is 5.92 Å².